The fourth-order valence-electron chi connectivity index (χ4n) is 5.70. The molecule has 1 unspecified atom stereocenters. The van der Waals surface area contributed by atoms with E-state index in [1.807, 2.05) is 27.7 Å². The molecule has 0 aliphatic carbocycles. The summed E-state index contributed by atoms with van der Waals surface area (Å²) < 4.78 is 64.2. The van der Waals surface area contributed by atoms with Crippen molar-refractivity contribution in [3.05, 3.63) is 96.3 Å². The number of nitrogens with one attached hydrogen (secondary N) is 1. The predicted octanol–water partition coefficient (Wildman–Crippen LogP) is 7.40. The Kier molecular flexibility index (Phi) is 8.47. The number of piperidine rings is 1. The monoisotopic (exact) mass is 659 g/mol. The van der Waals surface area contributed by atoms with Crippen LogP contribution in [0.1, 0.15) is 39.2 Å². The van der Waals surface area contributed by atoms with E-state index in [4.69, 9.17) is 9.72 Å². The normalized spacial score (nSPS) is 15.5. The molecule has 0 spiro atoms. The molecule has 1 amide bonds. The second-order valence-corrected chi connectivity index (χ2v) is 14.5. The number of hydrogen-bond acceptors (Lipinski definition) is 7. The highest BCUT2D eigenvalue weighted by Gasteiger charge is 2.28. The van der Waals surface area contributed by atoms with Gasteiger partial charge in [-0.25, -0.2) is 35.9 Å². The molecule has 0 bridgehead atoms. The largest absolute Gasteiger partial charge is 0.444 e. The Labute approximate surface area is 272 Å². The topological polar surface area (TPSA) is 106 Å². The number of carbonyl (C=O) groups excluding carboxylic acids is 1. The highest BCUT2D eigenvalue weighted by atomic mass is 32.2. The molecule has 1 aliphatic heterocycles. The van der Waals surface area contributed by atoms with Crippen molar-refractivity contribution in [3.63, 3.8) is 0 Å². The zero-order valence-electron chi connectivity index (χ0n) is 26.5. The van der Waals surface area contributed by atoms with Crippen LogP contribution in [0.3, 0.4) is 0 Å². The summed E-state index contributed by atoms with van der Waals surface area (Å²) in [6.45, 7) is 8.34. The van der Waals surface area contributed by atoms with Crippen LogP contribution in [-0.4, -0.2) is 58.1 Å². The van der Waals surface area contributed by atoms with Crippen molar-refractivity contribution in [2.75, 3.05) is 18.4 Å². The van der Waals surface area contributed by atoms with E-state index in [0.717, 1.165) is 22.4 Å². The first-order chi connectivity index (χ1) is 22.3. The Hall–Kier alpha value is -4.84. The highest BCUT2D eigenvalue weighted by molar-refractivity contribution is 7.90. The van der Waals surface area contributed by atoms with Gasteiger partial charge in [-0.3, -0.25) is 0 Å². The van der Waals surface area contributed by atoms with Crippen LogP contribution >= 0.6 is 0 Å². The van der Waals surface area contributed by atoms with Crippen molar-refractivity contribution in [1.82, 2.24) is 18.8 Å². The number of fused-ring (bicyclic) bond motifs is 1. The Balaban J connectivity index is 1.41. The van der Waals surface area contributed by atoms with E-state index in [9.17, 15) is 22.0 Å². The quantitative estimate of drug-likeness (QED) is 0.203. The Morgan fingerprint density at radius 1 is 1.02 bits per heavy atom. The molecule has 47 heavy (non-hydrogen) atoms. The number of amides is 1. The third kappa shape index (κ3) is 6.69. The standard InChI is InChI=1S/C35H35F2N5O4S/c1-22-10-13-25(14-11-22)47(44,45)42-21-27(26-19-23(12-15-30(26)42)32-28(36)8-5-9-29(32)37)33-38-17-16-31(40-33)39-24-7-6-18-41(20-24)34(43)46-35(2,3)4/h5,8-17,19,21,24H,6-7,18,20H2,1-4H3,(H,38,39,40). The minimum absolute atomic E-state index is 0.0824. The number of ether oxygens (including phenoxy) is 1. The van der Waals surface area contributed by atoms with E-state index in [1.165, 1.54) is 48.7 Å². The van der Waals surface area contributed by atoms with Crippen LogP contribution in [0.15, 0.2) is 84.0 Å². The Morgan fingerprint density at radius 3 is 2.45 bits per heavy atom. The first-order valence-corrected chi connectivity index (χ1v) is 16.7. The maximum Gasteiger partial charge on any atom is 0.410 e. The minimum atomic E-state index is -4.08. The molecule has 1 N–H and O–H groups in total. The van der Waals surface area contributed by atoms with Crippen LogP contribution in [0.5, 0.6) is 0 Å². The van der Waals surface area contributed by atoms with Gasteiger partial charge in [-0.2, -0.15) is 0 Å². The number of carbonyl (C=O) groups is 1. The maximum absolute atomic E-state index is 14.8. The van der Waals surface area contributed by atoms with Gasteiger partial charge in [0, 0.05) is 42.5 Å². The number of benzene rings is 3. The molecule has 1 aliphatic rings. The summed E-state index contributed by atoms with van der Waals surface area (Å²) >= 11 is 0. The summed E-state index contributed by atoms with van der Waals surface area (Å²) in [5, 5.41) is 3.78. The molecule has 3 aromatic carbocycles. The van der Waals surface area contributed by atoms with E-state index in [0.29, 0.717) is 35.4 Å². The first-order valence-electron chi connectivity index (χ1n) is 15.3. The summed E-state index contributed by atoms with van der Waals surface area (Å²) in [6, 6.07) is 16.3. The summed E-state index contributed by atoms with van der Waals surface area (Å²) in [7, 11) is -4.08. The maximum atomic E-state index is 14.8. The van der Waals surface area contributed by atoms with Crippen LogP contribution in [0.4, 0.5) is 19.4 Å². The van der Waals surface area contributed by atoms with Crippen LogP contribution in [0.25, 0.3) is 33.4 Å². The van der Waals surface area contributed by atoms with Gasteiger partial charge in [0.2, 0.25) is 0 Å². The van der Waals surface area contributed by atoms with Crippen molar-refractivity contribution in [2.24, 2.45) is 0 Å². The van der Waals surface area contributed by atoms with Gasteiger partial charge in [-0.05, 0) is 88.6 Å². The van der Waals surface area contributed by atoms with Gasteiger partial charge in [0.25, 0.3) is 10.0 Å². The zero-order chi connectivity index (χ0) is 33.5. The number of aryl methyl sites for hydroxylation is 1. The van der Waals surface area contributed by atoms with Crippen molar-refractivity contribution in [3.8, 4) is 22.5 Å². The molecule has 244 valence electrons. The van der Waals surface area contributed by atoms with E-state index in [1.54, 1.807) is 35.4 Å². The first kappa shape index (κ1) is 32.1. The summed E-state index contributed by atoms with van der Waals surface area (Å²) in [4.78, 5) is 23.6. The molecule has 0 saturated carbocycles. The fraction of sp³-hybridized carbons (Fsp3) is 0.286. The molecule has 12 heteroatoms. The van der Waals surface area contributed by atoms with Gasteiger partial charge in [-0.1, -0.05) is 29.8 Å². The van der Waals surface area contributed by atoms with Crippen molar-refractivity contribution < 1.29 is 26.7 Å². The highest BCUT2D eigenvalue weighted by Crippen LogP contribution is 2.36. The molecule has 1 fully saturated rings. The van der Waals surface area contributed by atoms with Crippen molar-refractivity contribution >= 4 is 32.8 Å². The van der Waals surface area contributed by atoms with Crippen LogP contribution in [0.2, 0.25) is 0 Å². The SMILES string of the molecule is Cc1ccc(S(=O)(=O)n2cc(-c3nccc(NC4CCCN(C(=O)OC(C)(C)C)C4)n3)c3cc(-c4c(F)cccc4F)ccc32)cc1. The molecule has 2 aromatic heterocycles. The van der Waals surface area contributed by atoms with Crippen molar-refractivity contribution in [2.45, 2.75) is 57.1 Å². The van der Waals surface area contributed by atoms with E-state index in [2.05, 4.69) is 10.3 Å². The van der Waals surface area contributed by atoms with Crippen molar-refractivity contribution in [1.29, 1.82) is 0 Å². The van der Waals surface area contributed by atoms with Gasteiger partial charge >= 0.3 is 6.09 Å². The summed E-state index contributed by atoms with van der Waals surface area (Å²) in [5.74, 6) is -0.797. The number of nitrogens with zero attached hydrogens (tertiary/aromatic N) is 4. The van der Waals surface area contributed by atoms with E-state index in [-0.39, 0.29) is 34.0 Å². The van der Waals surface area contributed by atoms with Crippen LogP contribution in [-0.2, 0) is 14.8 Å². The smallest absolute Gasteiger partial charge is 0.410 e. The number of likely N-dealkylation sites (tertiary alicyclic amines) is 1. The predicted molar refractivity (Wildman–Crippen MR) is 177 cm³/mol. The molecular formula is C35H35F2N5O4S. The van der Waals surface area contributed by atoms with E-state index < -0.39 is 27.3 Å². The second kappa shape index (κ2) is 12.4. The molecule has 1 saturated heterocycles. The second-order valence-electron chi connectivity index (χ2n) is 12.7. The molecule has 6 rings (SSSR count). The molecule has 5 aromatic rings. The number of hydrogen-bond donors (Lipinski definition) is 1. The minimum Gasteiger partial charge on any atom is -0.444 e. The third-order valence-corrected chi connectivity index (χ3v) is 9.61. The molecular weight excluding hydrogens is 624 g/mol. The van der Waals surface area contributed by atoms with Gasteiger partial charge in [0.15, 0.2) is 5.82 Å². The number of halogens is 2. The molecule has 0 radical (unpaired) electrons. The number of rotatable bonds is 6. The number of aromatic nitrogens is 3. The Bertz CT molecular complexity index is 2050. The average molecular weight is 660 g/mol. The Morgan fingerprint density at radius 2 is 1.74 bits per heavy atom. The molecule has 9 nitrogen and oxygen atoms in total. The third-order valence-electron chi connectivity index (χ3n) is 7.92. The lowest BCUT2D eigenvalue weighted by Crippen LogP contribution is -2.47. The summed E-state index contributed by atoms with van der Waals surface area (Å²) in [6.07, 6.45) is 4.18. The van der Waals surface area contributed by atoms with E-state index >= 15 is 0 Å². The fourth-order valence-corrected chi connectivity index (χ4v) is 7.06. The van der Waals surface area contributed by atoms with Gasteiger partial charge in [0.1, 0.15) is 23.1 Å². The lowest BCUT2D eigenvalue weighted by atomic mass is 10.0. The van der Waals surface area contributed by atoms with Crippen LogP contribution < -0.4 is 5.32 Å². The van der Waals surface area contributed by atoms with Gasteiger partial charge in [-0.15, -0.1) is 0 Å². The van der Waals surface area contributed by atoms with Crippen LogP contribution in [0, 0.1) is 18.6 Å². The van der Waals surface area contributed by atoms with Gasteiger partial charge < -0.3 is 15.0 Å². The zero-order valence-corrected chi connectivity index (χ0v) is 27.3. The lowest BCUT2D eigenvalue weighted by molar-refractivity contribution is 0.0206. The number of anilines is 1. The summed E-state index contributed by atoms with van der Waals surface area (Å²) in [5.41, 5.74) is 0.961. The molecule has 3 heterocycles. The lowest BCUT2D eigenvalue weighted by Gasteiger charge is -2.34. The average Bonchev–Trinajstić information content (AvgIpc) is 3.41. The molecule has 1 atom stereocenters. The van der Waals surface area contributed by atoms with Gasteiger partial charge in [0.05, 0.1) is 16.0 Å².